The molecule has 0 fully saturated rings. The Hall–Kier alpha value is -2.75. The molecule has 0 aliphatic carbocycles. The number of aromatic nitrogens is 2. The van der Waals surface area contributed by atoms with E-state index in [0.29, 0.717) is 0 Å². The largest absolute Gasteiger partial charge is 0.241 e. The Morgan fingerprint density at radius 2 is 1.58 bits per heavy atom. The van der Waals surface area contributed by atoms with E-state index in [1.54, 1.807) is 10.9 Å². The monoisotopic (exact) mass is 248 g/mol. The fraction of sp³-hybridized carbons (Fsp3) is 0. The first-order valence-corrected chi connectivity index (χ1v) is 5.99. The van der Waals surface area contributed by atoms with Crippen LogP contribution < -0.4 is 0 Å². The van der Waals surface area contributed by atoms with Gasteiger partial charge in [0.05, 0.1) is 17.1 Å². The summed E-state index contributed by atoms with van der Waals surface area (Å²) in [5.74, 6) is 0. The number of benzene rings is 2. The Labute approximate surface area is 111 Å². The molecule has 0 atom stereocenters. The van der Waals surface area contributed by atoms with E-state index in [4.69, 9.17) is 0 Å². The van der Waals surface area contributed by atoms with E-state index in [1.165, 1.54) is 0 Å². The van der Waals surface area contributed by atoms with Crippen LogP contribution in [-0.2, 0) is 0 Å². The van der Waals surface area contributed by atoms with Crippen molar-refractivity contribution in [3.05, 3.63) is 73.1 Å². The average molecular weight is 248 g/mol. The van der Waals surface area contributed by atoms with Crippen molar-refractivity contribution >= 4 is 11.4 Å². The summed E-state index contributed by atoms with van der Waals surface area (Å²) in [4.78, 5) is 0. The molecule has 0 amide bonds. The Balaban J connectivity index is 1.86. The molecule has 2 aromatic carbocycles. The minimum absolute atomic E-state index is 0.803. The normalized spacial score (nSPS) is 10.9. The fourth-order valence-corrected chi connectivity index (χ4v) is 1.73. The first-order valence-electron chi connectivity index (χ1n) is 5.99. The second-order valence-electron chi connectivity index (χ2n) is 4.01. The molecular weight excluding hydrogens is 236 g/mol. The minimum Gasteiger partial charge on any atom is -0.241 e. The van der Waals surface area contributed by atoms with E-state index < -0.39 is 0 Å². The summed E-state index contributed by atoms with van der Waals surface area (Å²) >= 11 is 0. The third-order valence-corrected chi connectivity index (χ3v) is 2.64. The Kier molecular flexibility index (Phi) is 3.14. The van der Waals surface area contributed by atoms with Gasteiger partial charge in [0.25, 0.3) is 0 Å². The molecule has 0 bridgehead atoms. The molecule has 4 heteroatoms. The summed E-state index contributed by atoms with van der Waals surface area (Å²) in [6, 6.07) is 19.3. The predicted molar refractivity (Wildman–Crippen MR) is 74.2 cm³/mol. The molecule has 4 nitrogen and oxygen atoms in total. The van der Waals surface area contributed by atoms with Gasteiger partial charge in [0.2, 0.25) is 0 Å². The van der Waals surface area contributed by atoms with E-state index in [-0.39, 0.29) is 0 Å². The van der Waals surface area contributed by atoms with Gasteiger partial charge >= 0.3 is 0 Å². The smallest absolute Gasteiger partial charge is 0.0878 e. The molecule has 0 saturated heterocycles. The maximum atomic E-state index is 4.23. The third-order valence-electron chi connectivity index (χ3n) is 2.64. The second-order valence-corrected chi connectivity index (χ2v) is 4.01. The van der Waals surface area contributed by atoms with Crippen molar-refractivity contribution in [3.63, 3.8) is 0 Å². The summed E-state index contributed by atoms with van der Waals surface area (Å²) in [7, 11) is 0. The summed E-state index contributed by atoms with van der Waals surface area (Å²) < 4.78 is 1.79. The van der Waals surface area contributed by atoms with Crippen molar-refractivity contribution in [3.8, 4) is 5.69 Å². The van der Waals surface area contributed by atoms with Gasteiger partial charge in [-0.3, -0.25) is 0 Å². The van der Waals surface area contributed by atoms with Crippen LogP contribution in [0.3, 0.4) is 0 Å². The summed E-state index contributed by atoms with van der Waals surface area (Å²) in [6.07, 6.45) is 3.64. The van der Waals surface area contributed by atoms with Crippen LogP contribution in [-0.4, -0.2) is 9.78 Å². The van der Waals surface area contributed by atoms with Gasteiger partial charge in [0, 0.05) is 12.4 Å². The first-order chi connectivity index (χ1) is 9.42. The fourth-order valence-electron chi connectivity index (χ4n) is 1.73. The topological polar surface area (TPSA) is 42.5 Å². The van der Waals surface area contributed by atoms with E-state index in [1.807, 2.05) is 66.9 Å². The zero-order valence-corrected chi connectivity index (χ0v) is 10.2. The molecular formula is C15H12N4. The lowest BCUT2D eigenvalue weighted by atomic mass is 10.3. The maximum absolute atomic E-state index is 4.23. The van der Waals surface area contributed by atoms with Crippen LogP contribution in [0.4, 0.5) is 11.4 Å². The van der Waals surface area contributed by atoms with E-state index >= 15 is 0 Å². The van der Waals surface area contributed by atoms with Gasteiger partial charge in [-0.2, -0.15) is 15.3 Å². The standard InChI is InChI=1S/C15H12N4/c1-2-6-13(7-3-1)17-18-14-8-4-9-15(12-14)19-11-5-10-16-19/h1-12H/b18-17+. The average Bonchev–Trinajstić information content (AvgIpc) is 3.01. The Morgan fingerprint density at radius 3 is 2.37 bits per heavy atom. The highest BCUT2D eigenvalue weighted by molar-refractivity contribution is 5.47. The molecule has 3 aromatic rings. The van der Waals surface area contributed by atoms with Crippen molar-refractivity contribution in [2.24, 2.45) is 10.2 Å². The van der Waals surface area contributed by atoms with E-state index in [0.717, 1.165) is 17.1 Å². The highest BCUT2D eigenvalue weighted by atomic mass is 15.3. The predicted octanol–water partition coefficient (Wildman–Crippen LogP) is 4.29. The van der Waals surface area contributed by atoms with E-state index in [9.17, 15) is 0 Å². The molecule has 0 saturated carbocycles. The molecule has 0 aliphatic rings. The number of hydrogen-bond acceptors (Lipinski definition) is 3. The number of nitrogens with zero attached hydrogens (tertiary/aromatic N) is 4. The van der Waals surface area contributed by atoms with Gasteiger partial charge < -0.3 is 0 Å². The van der Waals surface area contributed by atoms with Crippen LogP contribution in [0.2, 0.25) is 0 Å². The molecule has 92 valence electrons. The van der Waals surface area contributed by atoms with Crippen LogP contribution in [0, 0.1) is 0 Å². The highest BCUT2D eigenvalue weighted by Crippen LogP contribution is 2.20. The van der Waals surface area contributed by atoms with Crippen molar-refractivity contribution < 1.29 is 0 Å². The summed E-state index contributed by atoms with van der Waals surface area (Å²) in [6.45, 7) is 0. The first kappa shape index (κ1) is 11.3. The third kappa shape index (κ3) is 2.74. The minimum atomic E-state index is 0.803. The lowest BCUT2D eigenvalue weighted by Crippen LogP contribution is -1.92. The molecule has 0 spiro atoms. The number of hydrogen-bond donors (Lipinski definition) is 0. The molecule has 19 heavy (non-hydrogen) atoms. The van der Waals surface area contributed by atoms with Crippen LogP contribution in [0.25, 0.3) is 5.69 Å². The molecule has 0 radical (unpaired) electrons. The van der Waals surface area contributed by atoms with E-state index in [2.05, 4.69) is 15.3 Å². The zero-order valence-electron chi connectivity index (χ0n) is 10.2. The van der Waals surface area contributed by atoms with Gasteiger partial charge in [-0.15, -0.1) is 0 Å². The van der Waals surface area contributed by atoms with Crippen LogP contribution in [0.15, 0.2) is 83.3 Å². The maximum Gasteiger partial charge on any atom is 0.0878 e. The molecule has 0 unspecified atom stereocenters. The van der Waals surface area contributed by atoms with Crippen LogP contribution >= 0.6 is 0 Å². The molecule has 0 N–H and O–H groups in total. The van der Waals surface area contributed by atoms with Gasteiger partial charge in [-0.25, -0.2) is 4.68 Å². The lowest BCUT2D eigenvalue weighted by Gasteiger charge is -2.01. The summed E-state index contributed by atoms with van der Waals surface area (Å²) in [5, 5.41) is 12.6. The van der Waals surface area contributed by atoms with Gasteiger partial charge in [0.1, 0.15) is 0 Å². The summed E-state index contributed by atoms with van der Waals surface area (Å²) in [5.41, 5.74) is 2.61. The molecule has 3 rings (SSSR count). The van der Waals surface area contributed by atoms with Crippen molar-refractivity contribution in [1.82, 2.24) is 9.78 Å². The Bertz CT molecular complexity index is 672. The van der Waals surface area contributed by atoms with Crippen molar-refractivity contribution in [1.29, 1.82) is 0 Å². The highest BCUT2D eigenvalue weighted by Gasteiger charge is 1.97. The van der Waals surface area contributed by atoms with Crippen molar-refractivity contribution in [2.75, 3.05) is 0 Å². The lowest BCUT2D eigenvalue weighted by molar-refractivity contribution is 0.880. The molecule has 0 aliphatic heterocycles. The quantitative estimate of drug-likeness (QED) is 0.637. The van der Waals surface area contributed by atoms with Crippen LogP contribution in [0.5, 0.6) is 0 Å². The van der Waals surface area contributed by atoms with Crippen LogP contribution in [0.1, 0.15) is 0 Å². The Morgan fingerprint density at radius 1 is 0.789 bits per heavy atom. The number of azo groups is 1. The zero-order chi connectivity index (χ0) is 12.9. The van der Waals surface area contributed by atoms with Gasteiger partial charge in [-0.05, 0) is 36.4 Å². The van der Waals surface area contributed by atoms with Gasteiger partial charge in [-0.1, -0.05) is 24.3 Å². The SMILES string of the molecule is c1ccc(/N=N/c2cccc(-n3cccn3)c2)cc1. The van der Waals surface area contributed by atoms with Gasteiger partial charge in [0.15, 0.2) is 0 Å². The number of rotatable bonds is 3. The molecule has 1 heterocycles. The second kappa shape index (κ2) is 5.27. The molecule has 1 aromatic heterocycles. The van der Waals surface area contributed by atoms with Crippen molar-refractivity contribution in [2.45, 2.75) is 0 Å².